The number of benzene rings is 2. The average Bonchev–Trinajstić information content (AvgIpc) is 2.50. The lowest BCUT2D eigenvalue weighted by Gasteiger charge is -2.11. The summed E-state index contributed by atoms with van der Waals surface area (Å²) in [6, 6.07) is 10.3. The van der Waals surface area contributed by atoms with Crippen LogP contribution in [0.1, 0.15) is 27.0 Å². The molecule has 2 aromatic carbocycles. The number of primary amides is 1. The van der Waals surface area contributed by atoms with E-state index in [1.165, 1.54) is 6.07 Å². The molecule has 0 aromatic heterocycles. The lowest BCUT2D eigenvalue weighted by molar-refractivity contribution is -0.119. The minimum Gasteiger partial charge on any atom is -0.484 e. The van der Waals surface area contributed by atoms with Gasteiger partial charge >= 0.3 is 5.97 Å². The van der Waals surface area contributed by atoms with Crippen LogP contribution in [0.5, 0.6) is 11.5 Å². The first-order chi connectivity index (χ1) is 10.9. The van der Waals surface area contributed by atoms with Crippen LogP contribution in [0, 0.1) is 20.8 Å². The summed E-state index contributed by atoms with van der Waals surface area (Å²) < 4.78 is 10.7. The molecule has 0 aliphatic rings. The molecule has 2 rings (SSSR count). The van der Waals surface area contributed by atoms with Gasteiger partial charge < -0.3 is 15.2 Å². The molecule has 5 heteroatoms. The van der Waals surface area contributed by atoms with E-state index >= 15 is 0 Å². The van der Waals surface area contributed by atoms with Crippen molar-refractivity contribution in [1.29, 1.82) is 0 Å². The summed E-state index contributed by atoms with van der Waals surface area (Å²) in [5.74, 6) is -0.141. The van der Waals surface area contributed by atoms with Gasteiger partial charge in [0.05, 0.1) is 5.56 Å². The van der Waals surface area contributed by atoms with E-state index in [0.29, 0.717) is 17.1 Å². The van der Waals surface area contributed by atoms with Crippen LogP contribution in [0.25, 0.3) is 0 Å². The smallest absolute Gasteiger partial charge is 0.343 e. The molecular weight excluding hydrogens is 294 g/mol. The molecule has 0 bridgehead atoms. The lowest BCUT2D eigenvalue weighted by Crippen LogP contribution is -2.20. The zero-order valence-electron chi connectivity index (χ0n) is 13.4. The van der Waals surface area contributed by atoms with Crippen molar-refractivity contribution in [1.82, 2.24) is 0 Å². The van der Waals surface area contributed by atoms with Crippen molar-refractivity contribution in [2.75, 3.05) is 6.61 Å². The molecule has 2 aromatic rings. The Balaban J connectivity index is 2.18. The Bertz CT molecular complexity index is 753. The van der Waals surface area contributed by atoms with Crippen molar-refractivity contribution in [2.24, 2.45) is 5.73 Å². The summed E-state index contributed by atoms with van der Waals surface area (Å²) in [6.45, 7) is 5.58. The van der Waals surface area contributed by atoms with Crippen molar-refractivity contribution in [3.63, 3.8) is 0 Å². The Hall–Kier alpha value is -2.82. The van der Waals surface area contributed by atoms with Crippen LogP contribution in [0.4, 0.5) is 0 Å². The van der Waals surface area contributed by atoms with Gasteiger partial charge in [-0.2, -0.15) is 0 Å². The highest BCUT2D eigenvalue weighted by atomic mass is 16.5. The van der Waals surface area contributed by atoms with Crippen LogP contribution >= 0.6 is 0 Å². The van der Waals surface area contributed by atoms with Gasteiger partial charge in [0.25, 0.3) is 5.91 Å². The van der Waals surface area contributed by atoms with E-state index in [9.17, 15) is 9.59 Å². The first kappa shape index (κ1) is 16.5. The predicted molar refractivity (Wildman–Crippen MR) is 86.7 cm³/mol. The summed E-state index contributed by atoms with van der Waals surface area (Å²) in [5, 5.41) is 0. The fraction of sp³-hybridized carbons (Fsp3) is 0.222. The fourth-order valence-corrected chi connectivity index (χ4v) is 2.13. The summed E-state index contributed by atoms with van der Waals surface area (Å²) in [6.07, 6.45) is 0. The minimum absolute atomic E-state index is 0.241. The van der Waals surface area contributed by atoms with Crippen molar-refractivity contribution in [3.8, 4) is 11.5 Å². The van der Waals surface area contributed by atoms with Gasteiger partial charge in [-0.05, 0) is 61.7 Å². The molecule has 5 nitrogen and oxygen atoms in total. The monoisotopic (exact) mass is 313 g/mol. The highest BCUT2D eigenvalue weighted by Crippen LogP contribution is 2.24. The van der Waals surface area contributed by atoms with E-state index in [2.05, 4.69) is 0 Å². The standard InChI is InChI=1S/C18H19NO4/c1-11-7-12(2)13(3)16(8-11)23-18(21)14-5-4-6-15(9-14)22-10-17(19)20/h4-9H,10H2,1-3H3,(H2,19,20). The largest absolute Gasteiger partial charge is 0.484 e. The molecule has 0 radical (unpaired) electrons. The summed E-state index contributed by atoms with van der Waals surface area (Å²) in [5.41, 5.74) is 8.37. The molecule has 0 heterocycles. The van der Waals surface area contributed by atoms with Crippen LogP contribution in [0.2, 0.25) is 0 Å². The molecule has 120 valence electrons. The molecule has 0 atom stereocenters. The van der Waals surface area contributed by atoms with E-state index in [1.54, 1.807) is 18.2 Å². The van der Waals surface area contributed by atoms with E-state index in [0.717, 1.165) is 16.7 Å². The third-order valence-corrected chi connectivity index (χ3v) is 3.42. The van der Waals surface area contributed by atoms with E-state index in [-0.39, 0.29) is 6.61 Å². The number of ether oxygens (including phenoxy) is 2. The van der Waals surface area contributed by atoms with Crippen molar-refractivity contribution >= 4 is 11.9 Å². The first-order valence-corrected chi connectivity index (χ1v) is 7.18. The molecule has 0 unspecified atom stereocenters. The third-order valence-electron chi connectivity index (χ3n) is 3.42. The van der Waals surface area contributed by atoms with Gasteiger partial charge in [-0.3, -0.25) is 4.79 Å². The normalized spacial score (nSPS) is 10.2. The Morgan fingerprint density at radius 2 is 1.83 bits per heavy atom. The molecule has 0 spiro atoms. The number of hydrogen-bond acceptors (Lipinski definition) is 4. The molecule has 23 heavy (non-hydrogen) atoms. The Morgan fingerprint density at radius 1 is 1.09 bits per heavy atom. The third kappa shape index (κ3) is 4.32. The van der Waals surface area contributed by atoms with Crippen molar-refractivity contribution < 1.29 is 19.1 Å². The SMILES string of the molecule is Cc1cc(C)c(C)c(OC(=O)c2cccc(OCC(N)=O)c2)c1. The zero-order valence-corrected chi connectivity index (χ0v) is 13.4. The highest BCUT2D eigenvalue weighted by Gasteiger charge is 2.13. The van der Waals surface area contributed by atoms with Crippen molar-refractivity contribution in [3.05, 3.63) is 58.7 Å². The van der Waals surface area contributed by atoms with Crippen LogP contribution in [0.3, 0.4) is 0 Å². The second-order valence-corrected chi connectivity index (χ2v) is 5.38. The number of amides is 1. The van der Waals surface area contributed by atoms with Gasteiger partial charge in [-0.1, -0.05) is 12.1 Å². The van der Waals surface area contributed by atoms with E-state index in [1.807, 2.05) is 32.9 Å². The summed E-state index contributed by atoms with van der Waals surface area (Å²) >= 11 is 0. The maximum atomic E-state index is 12.3. The van der Waals surface area contributed by atoms with Crippen LogP contribution < -0.4 is 15.2 Å². The minimum atomic E-state index is -0.580. The molecule has 0 saturated heterocycles. The molecule has 0 saturated carbocycles. The van der Waals surface area contributed by atoms with Gasteiger partial charge in [0.2, 0.25) is 0 Å². The maximum absolute atomic E-state index is 12.3. The average molecular weight is 313 g/mol. The van der Waals surface area contributed by atoms with Crippen LogP contribution in [-0.2, 0) is 4.79 Å². The van der Waals surface area contributed by atoms with E-state index in [4.69, 9.17) is 15.2 Å². The van der Waals surface area contributed by atoms with Gasteiger partial charge in [0.15, 0.2) is 6.61 Å². The summed E-state index contributed by atoms with van der Waals surface area (Å²) in [4.78, 5) is 23.0. The van der Waals surface area contributed by atoms with Gasteiger partial charge in [-0.15, -0.1) is 0 Å². The number of carbonyl (C=O) groups excluding carboxylic acids is 2. The Morgan fingerprint density at radius 3 is 2.52 bits per heavy atom. The van der Waals surface area contributed by atoms with Crippen LogP contribution in [-0.4, -0.2) is 18.5 Å². The number of aryl methyl sites for hydroxylation is 2. The second-order valence-electron chi connectivity index (χ2n) is 5.38. The first-order valence-electron chi connectivity index (χ1n) is 7.18. The van der Waals surface area contributed by atoms with Crippen molar-refractivity contribution in [2.45, 2.75) is 20.8 Å². The predicted octanol–water partition coefficient (Wildman–Crippen LogP) is 2.70. The van der Waals surface area contributed by atoms with Gasteiger partial charge in [-0.25, -0.2) is 4.79 Å². The van der Waals surface area contributed by atoms with E-state index < -0.39 is 11.9 Å². The molecular formula is C18H19NO4. The number of rotatable bonds is 5. The maximum Gasteiger partial charge on any atom is 0.343 e. The zero-order chi connectivity index (χ0) is 17.0. The number of carbonyl (C=O) groups is 2. The fourth-order valence-electron chi connectivity index (χ4n) is 2.13. The topological polar surface area (TPSA) is 78.6 Å². The Kier molecular flexibility index (Phi) is 5.01. The molecule has 0 aliphatic carbocycles. The van der Waals surface area contributed by atoms with Gasteiger partial charge in [0, 0.05) is 0 Å². The van der Waals surface area contributed by atoms with Gasteiger partial charge in [0.1, 0.15) is 11.5 Å². The highest BCUT2D eigenvalue weighted by molar-refractivity contribution is 5.91. The molecule has 0 aliphatic heterocycles. The second kappa shape index (κ2) is 6.96. The van der Waals surface area contributed by atoms with Crippen LogP contribution in [0.15, 0.2) is 36.4 Å². The summed E-state index contributed by atoms with van der Waals surface area (Å²) in [7, 11) is 0. The quantitative estimate of drug-likeness (QED) is 0.680. The molecule has 1 amide bonds. The number of nitrogens with two attached hydrogens (primary N) is 1. The lowest BCUT2D eigenvalue weighted by atomic mass is 10.1. The Labute approximate surface area is 135 Å². The number of esters is 1. The number of hydrogen-bond donors (Lipinski definition) is 1. The molecule has 0 fully saturated rings. The molecule has 2 N–H and O–H groups in total.